The smallest absolute Gasteiger partial charge is 0.321 e. The topological polar surface area (TPSA) is 63.7 Å². The number of Topliss-reactive ketones (excluding diaryl/α,β-unsaturated/α-hetero) is 1. The molecule has 0 radical (unpaired) electrons. The highest BCUT2D eigenvalue weighted by Gasteiger charge is 2.39. The first-order chi connectivity index (χ1) is 13.1. The summed E-state index contributed by atoms with van der Waals surface area (Å²) in [5.41, 5.74) is 1.43. The summed E-state index contributed by atoms with van der Waals surface area (Å²) in [6, 6.07) is 18.2. The maximum atomic E-state index is 12.9. The monoisotopic (exact) mass is 383 g/mol. The van der Waals surface area contributed by atoms with Crippen molar-refractivity contribution in [2.24, 2.45) is 0 Å². The van der Waals surface area contributed by atoms with E-state index in [1.54, 1.807) is 24.3 Å². The van der Waals surface area contributed by atoms with Crippen LogP contribution in [-0.2, 0) is 25.7 Å². The standard InChI is InChI=1S/C21H21NO4S/c1-27-19-12-18(24)22(19)13-17(23)20(16-10-6-3-7-11-16)21(25)26-14-15-8-4-2-5-9-15/h2-11,19-20H,12-14H2,1H3. The average molecular weight is 383 g/mol. The third-order valence-corrected chi connectivity index (χ3v) is 5.50. The zero-order valence-electron chi connectivity index (χ0n) is 15.0. The van der Waals surface area contributed by atoms with E-state index in [1.807, 2.05) is 42.7 Å². The van der Waals surface area contributed by atoms with Crippen LogP contribution in [0.2, 0.25) is 0 Å². The normalized spacial score (nSPS) is 17.1. The Morgan fingerprint density at radius 3 is 2.33 bits per heavy atom. The largest absolute Gasteiger partial charge is 0.460 e. The Kier molecular flexibility index (Phi) is 6.29. The van der Waals surface area contributed by atoms with Crippen molar-refractivity contribution in [2.45, 2.75) is 24.3 Å². The Morgan fingerprint density at radius 1 is 1.11 bits per heavy atom. The number of carbonyl (C=O) groups excluding carboxylic acids is 3. The van der Waals surface area contributed by atoms with E-state index in [2.05, 4.69) is 0 Å². The maximum absolute atomic E-state index is 12.9. The number of β-lactam (4-membered cyclic amide) rings is 1. The predicted octanol–water partition coefficient (Wildman–Crippen LogP) is 3.00. The van der Waals surface area contributed by atoms with E-state index in [9.17, 15) is 14.4 Å². The first-order valence-electron chi connectivity index (χ1n) is 8.70. The SMILES string of the molecule is CSC1CC(=O)N1CC(=O)C(C(=O)OCc1ccccc1)c1ccccc1. The van der Waals surface area contributed by atoms with E-state index in [-0.39, 0.29) is 30.2 Å². The first-order valence-corrected chi connectivity index (χ1v) is 9.99. The van der Waals surface area contributed by atoms with Crippen LogP contribution >= 0.6 is 11.8 Å². The van der Waals surface area contributed by atoms with Crippen LogP contribution < -0.4 is 0 Å². The van der Waals surface area contributed by atoms with Crippen molar-refractivity contribution in [2.75, 3.05) is 12.8 Å². The van der Waals surface area contributed by atoms with E-state index in [4.69, 9.17) is 4.74 Å². The van der Waals surface area contributed by atoms with Gasteiger partial charge in [-0.05, 0) is 17.4 Å². The molecule has 2 aromatic rings. The van der Waals surface area contributed by atoms with E-state index < -0.39 is 11.9 Å². The van der Waals surface area contributed by atoms with Crippen molar-refractivity contribution in [3.8, 4) is 0 Å². The number of benzene rings is 2. The summed E-state index contributed by atoms with van der Waals surface area (Å²) in [5.74, 6) is -2.02. The molecule has 1 saturated heterocycles. The zero-order chi connectivity index (χ0) is 19.2. The molecule has 0 aromatic heterocycles. The lowest BCUT2D eigenvalue weighted by Gasteiger charge is -2.39. The number of rotatable bonds is 8. The fourth-order valence-corrected chi connectivity index (χ4v) is 3.75. The number of ether oxygens (including phenoxy) is 1. The van der Waals surface area contributed by atoms with Gasteiger partial charge in [0.05, 0.1) is 18.3 Å². The lowest BCUT2D eigenvalue weighted by atomic mass is 9.93. The highest BCUT2D eigenvalue weighted by Crippen LogP contribution is 2.29. The van der Waals surface area contributed by atoms with Crippen molar-refractivity contribution >= 4 is 29.4 Å². The van der Waals surface area contributed by atoms with Crippen molar-refractivity contribution in [3.05, 3.63) is 71.8 Å². The molecular weight excluding hydrogens is 362 g/mol. The molecule has 5 nitrogen and oxygen atoms in total. The van der Waals surface area contributed by atoms with E-state index in [1.165, 1.54) is 16.7 Å². The van der Waals surface area contributed by atoms with Gasteiger partial charge in [0.15, 0.2) is 5.78 Å². The quantitative estimate of drug-likeness (QED) is 0.398. The molecule has 2 atom stereocenters. The van der Waals surface area contributed by atoms with Crippen LogP contribution in [0.4, 0.5) is 0 Å². The van der Waals surface area contributed by atoms with Crippen LogP contribution in [0.25, 0.3) is 0 Å². The highest BCUT2D eigenvalue weighted by molar-refractivity contribution is 7.99. The molecule has 2 unspecified atom stereocenters. The number of likely N-dealkylation sites (tertiary alicyclic amines) is 1. The third kappa shape index (κ3) is 4.57. The Morgan fingerprint density at radius 2 is 1.74 bits per heavy atom. The number of hydrogen-bond acceptors (Lipinski definition) is 5. The fourth-order valence-electron chi connectivity index (χ4n) is 3.00. The number of amides is 1. The molecule has 1 amide bonds. The van der Waals surface area contributed by atoms with Gasteiger partial charge in [0.25, 0.3) is 0 Å². The van der Waals surface area contributed by atoms with Gasteiger partial charge in [-0.3, -0.25) is 14.4 Å². The van der Waals surface area contributed by atoms with Gasteiger partial charge < -0.3 is 9.64 Å². The molecule has 1 aliphatic heterocycles. The number of esters is 1. The second kappa shape index (κ2) is 8.86. The summed E-state index contributed by atoms with van der Waals surface area (Å²) in [6.07, 6.45) is 2.33. The Hall–Kier alpha value is -2.60. The average Bonchev–Trinajstić information content (AvgIpc) is 2.70. The highest BCUT2D eigenvalue weighted by atomic mass is 32.2. The second-order valence-electron chi connectivity index (χ2n) is 6.32. The predicted molar refractivity (Wildman–Crippen MR) is 104 cm³/mol. The first kappa shape index (κ1) is 19.2. The molecule has 0 bridgehead atoms. The number of nitrogens with zero attached hydrogens (tertiary/aromatic N) is 1. The van der Waals surface area contributed by atoms with Gasteiger partial charge in [0.1, 0.15) is 12.5 Å². The number of thioether (sulfide) groups is 1. The summed E-state index contributed by atoms with van der Waals surface area (Å²) in [7, 11) is 0. The minimum absolute atomic E-state index is 0.00166. The molecule has 27 heavy (non-hydrogen) atoms. The minimum atomic E-state index is -1.04. The third-order valence-electron chi connectivity index (χ3n) is 4.53. The lowest BCUT2D eigenvalue weighted by Crippen LogP contribution is -2.53. The minimum Gasteiger partial charge on any atom is -0.460 e. The Bertz CT molecular complexity index is 809. The van der Waals surface area contributed by atoms with Gasteiger partial charge in [-0.1, -0.05) is 60.7 Å². The summed E-state index contributed by atoms with van der Waals surface area (Å²) >= 11 is 1.53. The van der Waals surface area contributed by atoms with Crippen molar-refractivity contribution in [3.63, 3.8) is 0 Å². The molecular formula is C21H21NO4S. The van der Waals surface area contributed by atoms with Gasteiger partial charge >= 0.3 is 5.97 Å². The Balaban J connectivity index is 1.73. The van der Waals surface area contributed by atoms with Crippen LogP contribution in [-0.4, -0.2) is 40.7 Å². The molecule has 1 heterocycles. The molecule has 0 spiro atoms. The van der Waals surface area contributed by atoms with E-state index >= 15 is 0 Å². The Labute approximate surface area is 162 Å². The molecule has 1 fully saturated rings. The number of hydrogen-bond donors (Lipinski definition) is 0. The van der Waals surface area contributed by atoms with Crippen molar-refractivity contribution < 1.29 is 19.1 Å². The van der Waals surface area contributed by atoms with Crippen molar-refractivity contribution in [1.82, 2.24) is 4.90 Å². The van der Waals surface area contributed by atoms with Crippen LogP contribution in [0.15, 0.2) is 60.7 Å². The van der Waals surface area contributed by atoms with E-state index in [0.29, 0.717) is 12.0 Å². The van der Waals surface area contributed by atoms with Crippen molar-refractivity contribution in [1.29, 1.82) is 0 Å². The molecule has 1 aliphatic rings. The molecule has 2 aromatic carbocycles. The molecule has 0 N–H and O–H groups in total. The second-order valence-corrected chi connectivity index (χ2v) is 7.33. The maximum Gasteiger partial charge on any atom is 0.321 e. The summed E-state index contributed by atoms with van der Waals surface area (Å²) < 4.78 is 5.41. The number of carbonyl (C=O) groups is 3. The van der Waals surface area contributed by atoms with Gasteiger partial charge in [0.2, 0.25) is 5.91 Å². The number of ketones is 1. The zero-order valence-corrected chi connectivity index (χ0v) is 15.9. The molecule has 140 valence electrons. The summed E-state index contributed by atoms with van der Waals surface area (Å²) in [4.78, 5) is 39.0. The summed E-state index contributed by atoms with van der Waals surface area (Å²) in [5, 5.41) is -0.00166. The molecule has 6 heteroatoms. The van der Waals surface area contributed by atoms with Crippen LogP contribution in [0, 0.1) is 0 Å². The van der Waals surface area contributed by atoms with Gasteiger partial charge in [-0.25, -0.2) is 0 Å². The molecule has 0 saturated carbocycles. The van der Waals surface area contributed by atoms with E-state index in [0.717, 1.165) is 5.56 Å². The fraction of sp³-hybridized carbons (Fsp3) is 0.286. The van der Waals surface area contributed by atoms with Crippen LogP contribution in [0.3, 0.4) is 0 Å². The summed E-state index contributed by atoms with van der Waals surface area (Å²) in [6.45, 7) is 0.0245. The van der Waals surface area contributed by atoms with Gasteiger partial charge in [0, 0.05) is 0 Å². The van der Waals surface area contributed by atoms with Gasteiger partial charge in [-0.2, -0.15) is 0 Å². The molecule has 3 rings (SSSR count). The van der Waals surface area contributed by atoms with Crippen LogP contribution in [0.5, 0.6) is 0 Å². The van der Waals surface area contributed by atoms with Crippen LogP contribution in [0.1, 0.15) is 23.5 Å². The van der Waals surface area contributed by atoms with Gasteiger partial charge in [-0.15, -0.1) is 11.8 Å². The molecule has 0 aliphatic carbocycles. The lowest BCUT2D eigenvalue weighted by molar-refractivity contribution is -0.152.